The minimum absolute atomic E-state index is 0.0373. The third-order valence-corrected chi connectivity index (χ3v) is 3.09. The summed E-state index contributed by atoms with van der Waals surface area (Å²) in [6, 6.07) is 1.93. The molecular weight excluding hydrogens is 190 g/mol. The van der Waals surface area contributed by atoms with Crippen molar-refractivity contribution < 1.29 is 9.90 Å². The van der Waals surface area contributed by atoms with Crippen LogP contribution in [-0.4, -0.2) is 11.0 Å². The molecule has 3 nitrogen and oxygen atoms in total. The van der Waals surface area contributed by atoms with E-state index in [1.807, 2.05) is 19.9 Å². The van der Waals surface area contributed by atoms with Crippen LogP contribution in [0.5, 0.6) is 0 Å². The molecule has 1 atom stereocenters. The van der Waals surface area contributed by atoms with Gasteiger partial charge in [0.05, 0.1) is 12.5 Å². The molecule has 0 bridgehead atoms. The van der Waals surface area contributed by atoms with Gasteiger partial charge < -0.3 is 10.4 Å². The monoisotopic (exact) mass is 205 g/mol. The van der Waals surface area contributed by atoms with Crippen LogP contribution in [0.1, 0.15) is 35.3 Å². The van der Waals surface area contributed by atoms with Crippen molar-refractivity contribution in [2.24, 2.45) is 0 Å². The normalized spacial score (nSPS) is 16.1. The molecular formula is C12H15NO2. The Morgan fingerprint density at radius 3 is 2.67 bits per heavy atom. The first-order valence-corrected chi connectivity index (χ1v) is 5.11. The maximum atomic E-state index is 11.3. The number of hydrogen-bond donors (Lipinski definition) is 2. The number of anilines is 1. The maximum absolute atomic E-state index is 11.3. The van der Waals surface area contributed by atoms with E-state index < -0.39 is 6.10 Å². The summed E-state index contributed by atoms with van der Waals surface area (Å²) in [5.41, 5.74) is 4.98. The molecule has 1 heterocycles. The molecule has 15 heavy (non-hydrogen) atoms. The average Bonchev–Trinajstić information content (AvgIpc) is 2.52. The fourth-order valence-electron chi connectivity index (χ4n) is 2.12. The molecule has 1 aromatic rings. The summed E-state index contributed by atoms with van der Waals surface area (Å²) in [5, 5.41) is 12.5. The van der Waals surface area contributed by atoms with Crippen molar-refractivity contribution in [2.45, 2.75) is 33.3 Å². The van der Waals surface area contributed by atoms with Crippen LogP contribution >= 0.6 is 0 Å². The molecule has 1 aromatic carbocycles. The molecule has 0 radical (unpaired) electrons. The maximum Gasteiger partial charge on any atom is 0.228 e. The summed E-state index contributed by atoms with van der Waals surface area (Å²) in [6.45, 7) is 5.70. The Morgan fingerprint density at radius 1 is 1.40 bits per heavy atom. The van der Waals surface area contributed by atoms with Crippen LogP contribution in [0.4, 0.5) is 5.69 Å². The second kappa shape index (κ2) is 3.35. The molecule has 1 unspecified atom stereocenters. The predicted octanol–water partition coefficient (Wildman–Crippen LogP) is 1.85. The van der Waals surface area contributed by atoms with Crippen LogP contribution in [0.25, 0.3) is 0 Å². The van der Waals surface area contributed by atoms with E-state index in [9.17, 15) is 9.90 Å². The summed E-state index contributed by atoms with van der Waals surface area (Å²) < 4.78 is 0. The van der Waals surface area contributed by atoms with Crippen LogP contribution in [0.2, 0.25) is 0 Å². The van der Waals surface area contributed by atoms with Crippen molar-refractivity contribution in [1.82, 2.24) is 0 Å². The first kappa shape index (κ1) is 10.2. The van der Waals surface area contributed by atoms with Gasteiger partial charge >= 0.3 is 0 Å². The SMILES string of the molecule is Cc1c(C(C)O)cc2c(c1C)NC(=O)C2. The largest absolute Gasteiger partial charge is 0.389 e. The van der Waals surface area contributed by atoms with E-state index in [0.29, 0.717) is 6.42 Å². The van der Waals surface area contributed by atoms with E-state index in [2.05, 4.69) is 5.32 Å². The number of fused-ring (bicyclic) bond motifs is 1. The highest BCUT2D eigenvalue weighted by molar-refractivity contribution is 6.00. The lowest BCUT2D eigenvalue weighted by Crippen LogP contribution is -2.05. The first-order chi connectivity index (χ1) is 7.00. The number of amides is 1. The molecule has 1 aliphatic rings. The summed E-state index contributed by atoms with van der Waals surface area (Å²) in [7, 11) is 0. The molecule has 0 fully saturated rings. The van der Waals surface area contributed by atoms with E-state index in [0.717, 1.165) is 27.9 Å². The molecule has 0 spiro atoms. The van der Waals surface area contributed by atoms with Gasteiger partial charge in [-0.1, -0.05) is 6.07 Å². The van der Waals surface area contributed by atoms with Crippen LogP contribution in [0.3, 0.4) is 0 Å². The molecule has 80 valence electrons. The zero-order valence-corrected chi connectivity index (χ0v) is 9.22. The number of aliphatic hydroxyl groups excluding tert-OH is 1. The van der Waals surface area contributed by atoms with E-state index >= 15 is 0 Å². The minimum Gasteiger partial charge on any atom is -0.389 e. The van der Waals surface area contributed by atoms with Crippen LogP contribution in [-0.2, 0) is 11.2 Å². The number of benzene rings is 1. The first-order valence-electron chi connectivity index (χ1n) is 5.11. The number of carbonyl (C=O) groups excluding carboxylic acids is 1. The Morgan fingerprint density at radius 2 is 2.07 bits per heavy atom. The van der Waals surface area contributed by atoms with Crippen molar-refractivity contribution in [3.05, 3.63) is 28.3 Å². The van der Waals surface area contributed by atoms with Gasteiger partial charge in [0.1, 0.15) is 0 Å². The highest BCUT2D eigenvalue weighted by atomic mass is 16.3. The predicted molar refractivity (Wildman–Crippen MR) is 58.9 cm³/mol. The van der Waals surface area contributed by atoms with E-state index in [4.69, 9.17) is 0 Å². The Hall–Kier alpha value is -1.35. The summed E-state index contributed by atoms with van der Waals surface area (Å²) >= 11 is 0. The molecule has 1 aliphatic heterocycles. The fraction of sp³-hybridized carbons (Fsp3) is 0.417. The van der Waals surface area contributed by atoms with Crippen molar-refractivity contribution in [1.29, 1.82) is 0 Å². The molecule has 0 saturated heterocycles. The number of rotatable bonds is 1. The van der Waals surface area contributed by atoms with Crippen LogP contribution in [0, 0.1) is 13.8 Å². The van der Waals surface area contributed by atoms with Crippen molar-refractivity contribution in [2.75, 3.05) is 5.32 Å². The van der Waals surface area contributed by atoms with Gasteiger partial charge in [-0.3, -0.25) is 4.79 Å². The number of carbonyl (C=O) groups is 1. The second-order valence-electron chi connectivity index (χ2n) is 4.15. The van der Waals surface area contributed by atoms with Crippen molar-refractivity contribution in [3.63, 3.8) is 0 Å². The highest BCUT2D eigenvalue weighted by Gasteiger charge is 2.22. The molecule has 0 aromatic heterocycles. The van der Waals surface area contributed by atoms with Gasteiger partial charge in [-0.15, -0.1) is 0 Å². The van der Waals surface area contributed by atoms with E-state index in [-0.39, 0.29) is 5.91 Å². The summed E-state index contributed by atoms with van der Waals surface area (Å²) in [5.74, 6) is 0.0373. The van der Waals surface area contributed by atoms with E-state index in [1.165, 1.54) is 0 Å². The van der Waals surface area contributed by atoms with Gasteiger partial charge in [0.15, 0.2) is 0 Å². The lowest BCUT2D eigenvalue weighted by atomic mass is 9.95. The topological polar surface area (TPSA) is 49.3 Å². The molecule has 0 aliphatic carbocycles. The highest BCUT2D eigenvalue weighted by Crippen LogP contribution is 2.33. The smallest absolute Gasteiger partial charge is 0.228 e. The lowest BCUT2D eigenvalue weighted by molar-refractivity contribution is -0.115. The molecule has 0 saturated carbocycles. The van der Waals surface area contributed by atoms with Crippen molar-refractivity contribution >= 4 is 11.6 Å². The standard InChI is InChI=1S/C12H15NO2/c1-6-7(2)12-9(5-11(15)13-12)4-10(6)8(3)14/h4,8,14H,5H2,1-3H3,(H,13,15). The zero-order valence-electron chi connectivity index (χ0n) is 9.22. The lowest BCUT2D eigenvalue weighted by Gasteiger charge is -2.15. The Balaban J connectivity index is 2.62. The molecule has 2 N–H and O–H groups in total. The third-order valence-electron chi connectivity index (χ3n) is 3.09. The van der Waals surface area contributed by atoms with Crippen molar-refractivity contribution in [3.8, 4) is 0 Å². The zero-order chi connectivity index (χ0) is 11.2. The molecule has 2 rings (SSSR count). The van der Waals surface area contributed by atoms with E-state index in [1.54, 1.807) is 6.92 Å². The van der Waals surface area contributed by atoms with Gasteiger partial charge in [0.25, 0.3) is 0 Å². The van der Waals surface area contributed by atoms with Gasteiger partial charge in [0, 0.05) is 5.69 Å². The Labute approximate surface area is 89.1 Å². The average molecular weight is 205 g/mol. The van der Waals surface area contributed by atoms with Gasteiger partial charge in [-0.05, 0) is 43.0 Å². The fourth-order valence-corrected chi connectivity index (χ4v) is 2.12. The van der Waals surface area contributed by atoms with Gasteiger partial charge in [-0.25, -0.2) is 0 Å². The minimum atomic E-state index is -0.482. The molecule has 1 amide bonds. The Bertz CT molecular complexity index is 436. The number of aliphatic hydroxyl groups is 1. The van der Waals surface area contributed by atoms with Crippen LogP contribution in [0.15, 0.2) is 6.07 Å². The molecule has 3 heteroatoms. The quantitative estimate of drug-likeness (QED) is 0.735. The third kappa shape index (κ3) is 1.53. The Kier molecular flexibility index (Phi) is 2.27. The van der Waals surface area contributed by atoms with Gasteiger partial charge in [0.2, 0.25) is 5.91 Å². The number of hydrogen-bond acceptors (Lipinski definition) is 2. The summed E-state index contributed by atoms with van der Waals surface area (Å²) in [4.78, 5) is 11.3. The van der Waals surface area contributed by atoms with Crippen LogP contribution < -0.4 is 5.32 Å². The second-order valence-corrected chi connectivity index (χ2v) is 4.15. The number of nitrogens with one attached hydrogen (secondary N) is 1. The summed E-state index contributed by atoms with van der Waals surface area (Å²) in [6.07, 6.45) is -0.0550. The van der Waals surface area contributed by atoms with Gasteiger partial charge in [-0.2, -0.15) is 0 Å².